The lowest BCUT2D eigenvalue weighted by atomic mass is 10.1. The van der Waals surface area contributed by atoms with Crippen LogP contribution in [0.4, 0.5) is 10.5 Å². The van der Waals surface area contributed by atoms with E-state index in [1.807, 2.05) is 0 Å². The molecule has 2 heterocycles. The Balaban J connectivity index is 1.98. The minimum atomic E-state index is -1.24. The van der Waals surface area contributed by atoms with Gasteiger partial charge in [-0.05, 0) is 32.0 Å². The molecule has 0 saturated heterocycles. The number of nitrogen functional groups attached to an aromatic ring is 1. The first-order valence-corrected chi connectivity index (χ1v) is 7.27. The average molecular weight is 344 g/mol. The molecule has 1 aromatic carbocycles. The Morgan fingerprint density at radius 3 is 2.48 bits per heavy atom. The SMILES string of the molecule is Cc1nc2ccc(N)cc2c(C)c1OC(=O)N(O)n1c(O)ccc1O. The first-order valence-electron chi connectivity index (χ1n) is 7.27. The van der Waals surface area contributed by atoms with E-state index in [9.17, 15) is 20.2 Å². The van der Waals surface area contributed by atoms with Gasteiger partial charge in [0, 0.05) is 28.8 Å². The topological polar surface area (TPSA) is 134 Å². The van der Waals surface area contributed by atoms with Gasteiger partial charge in [0.25, 0.3) is 0 Å². The lowest BCUT2D eigenvalue weighted by Gasteiger charge is -2.19. The number of fused-ring (bicyclic) bond motifs is 1. The van der Waals surface area contributed by atoms with Crippen LogP contribution in [0.25, 0.3) is 10.9 Å². The third-order valence-corrected chi connectivity index (χ3v) is 3.74. The van der Waals surface area contributed by atoms with Gasteiger partial charge in [0.15, 0.2) is 5.75 Å². The first-order chi connectivity index (χ1) is 11.8. The molecule has 2 aromatic heterocycles. The molecule has 5 N–H and O–H groups in total. The maximum atomic E-state index is 12.2. The van der Waals surface area contributed by atoms with Crippen LogP contribution in [0.1, 0.15) is 11.3 Å². The Hall–Kier alpha value is -3.46. The number of carbonyl (C=O) groups is 1. The molecule has 0 atom stereocenters. The van der Waals surface area contributed by atoms with E-state index in [0.29, 0.717) is 32.5 Å². The van der Waals surface area contributed by atoms with E-state index in [-0.39, 0.29) is 10.9 Å². The van der Waals surface area contributed by atoms with Crippen molar-refractivity contribution in [2.75, 3.05) is 10.9 Å². The van der Waals surface area contributed by atoms with Gasteiger partial charge in [-0.3, -0.25) is 5.21 Å². The van der Waals surface area contributed by atoms with Crippen LogP contribution >= 0.6 is 0 Å². The number of nitrogens with zero attached hydrogens (tertiary/aromatic N) is 3. The molecule has 0 aliphatic carbocycles. The molecule has 0 aliphatic rings. The van der Waals surface area contributed by atoms with Crippen molar-refractivity contribution >= 4 is 22.7 Å². The zero-order valence-corrected chi connectivity index (χ0v) is 13.5. The Morgan fingerprint density at radius 2 is 1.84 bits per heavy atom. The van der Waals surface area contributed by atoms with Gasteiger partial charge >= 0.3 is 6.09 Å². The van der Waals surface area contributed by atoms with Gasteiger partial charge in [-0.2, -0.15) is 4.68 Å². The van der Waals surface area contributed by atoms with Crippen LogP contribution in [-0.2, 0) is 0 Å². The fourth-order valence-electron chi connectivity index (χ4n) is 2.54. The summed E-state index contributed by atoms with van der Waals surface area (Å²) in [4.78, 5) is 16.5. The van der Waals surface area contributed by atoms with Crippen molar-refractivity contribution in [3.05, 3.63) is 41.6 Å². The molecule has 1 amide bonds. The highest BCUT2D eigenvalue weighted by Crippen LogP contribution is 2.30. The molecule has 25 heavy (non-hydrogen) atoms. The number of amides is 1. The largest absolute Gasteiger partial charge is 0.493 e. The Morgan fingerprint density at radius 1 is 1.20 bits per heavy atom. The molecule has 0 radical (unpaired) electrons. The van der Waals surface area contributed by atoms with E-state index >= 15 is 0 Å². The molecule has 9 heteroatoms. The first kappa shape index (κ1) is 16.4. The quantitative estimate of drug-likeness (QED) is 0.318. The van der Waals surface area contributed by atoms with Gasteiger partial charge in [0.05, 0.1) is 11.2 Å². The highest BCUT2D eigenvalue weighted by molar-refractivity contribution is 5.89. The molecule has 0 saturated carbocycles. The summed E-state index contributed by atoms with van der Waals surface area (Å²) in [6, 6.07) is 7.37. The zero-order valence-electron chi connectivity index (χ0n) is 13.5. The standard InChI is InChI=1S/C16H16N4O5/c1-8-11-7-10(17)3-4-12(11)18-9(2)15(8)25-16(23)20(24)19-13(21)5-6-14(19)22/h3-7,21-22,24H,17H2,1-2H3. The second-order valence-corrected chi connectivity index (χ2v) is 5.45. The number of anilines is 1. The second kappa shape index (κ2) is 5.87. The van der Waals surface area contributed by atoms with Crippen LogP contribution in [0, 0.1) is 13.8 Å². The summed E-state index contributed by atoms with van der Waals surface area (Å²) in [7, 11) is 0. The number of hydrogen-bond acceptors (Lipinski definition) is 7. The molecule has 0 unspecified atom stereocenters. The summed E-state index contributed by atoms with van der Waals surface area (Å²) in [5.41, 5.74) is 8.04. The summed E-state index contributed by atoms with van der Waals surface area (Å²) >= 11 is 0. The predicted octanol–water partition coefficient (Wildman–Crippen LogP) is 2.17. The number of carbonyl (C=O) groups excluding carboxylic acids is 1. The minimum Gasteiger partial charge on any atom is -0.493 e. The van der Waals surface area contributed by atoms with Crippen LogP contribution in [0.3, 0.4) is 0 Å². The smallest absolute Gasteiger partial charge is 0.460 e. The van der Waals surface area contributed by atoms with Gasteiger partial charge in [-0.15, -0.1) is 0 Å². The molecule has 0 fully saturated rings. The zero-order chi connectivity index (χ0) is 18.3. The maximum absolute atomic E-state index is 12.2. The number of rotatable bonds is 2. The van der Waals surface area contributed by atoms with E-state index in [4.69, 9.17) is 10.5 Å². The van der Waals surface area contributed by atoms with E-state index in [1.54, 1.807) is 32.0 Å². The second-order valence-electron chi connectivity index (χ2n) is 5.45. The molecular formula is C16H16N4O5. The summed E-state index contributed by atoms with van der Waals surface area (Å²) in [6.07, 6.45) is -1.24. The number of aromatic nitrogens is 2. The van der Waals surface area contributed by atoms with Crippen molar-refractivity contribution in [2.45, 2.75) is 13.8 Å². The molecule has 3 rings (SSSR count). The molecule has 0 bridgehead atoms. The molecular weight excluding hydrogens is 328 g/mol. The van der Waals surface area contributed by atoms with E-state index in [1.165, 1.54) is 0 Å². The summed E-state index contributed by atoms with van der Waals surface area (Å²) < 4.78 is 5.68. The van der Waals surface area contributed by atoms with Gasteiger partial charge in [-0.1, -0.05) is 5.17 Å². The molecule has 130 valence electrons. The van der Waals surface area contributed by atoms with Crippen molar-refractivity contribution in [3.8, 4) is 17.5 Å². The van der Waals surface area contributed by atoms with Crippen molar-refractivity contribution in [3.63, 3.8) is 0 Å². The average Bonchev–Trinajstić information content (AvgIpc) is 2.90. The summed E-state index contributed by atoms with van der Waals surface area (Å²) in [5.74, 6) is -0.946. The predicted molar refractivity (Wildman–Crippen MR) is 89.4 cm³/mol. The van der Waals surface area contributed by atoms with Gasteiger partial charge in [0.1, 0.15) is 0 Å². The van der Waals surface area contributed by atoms with Crippen molar-refractivity contribution < 1.29 is 25.0 Å². The molecule has 9 nitrogen and oxygen atoms in total. The van der Waals surface area contributed by atoms with Crippen LogP contribution in [0.2, 0.25) is 0 Å². The van der Waals surface area contributed by atoms with Gasteiger partial charge in [0.2, 0.25) is 11.8 Å². The van der Waals surface area contributed by atoms with Crippen LogP contribution in [0.5, 0.6) is 17.5 Å². The van der Waals surface area contributed by atoms with Crippen molar-refractivity contribution in [1.82, 2.24) is 9.66 Å². The highest BCUT2D eigenvalue weighted by atomic mass is 16.7. The third-order valence-electron chi connectivity index (χ3n) is 3.74. The number of ether oxygens (including phenoxy) is 1. The number of pyridine rings is 1. The van der Waals surface area contributed by atoms with Crippen molar-refractivity contribution in [2.24, 2.45) is 0 Å². The summed E-state index contributed by atoms with van der Waals surface area (Å²) in [5, 5.41) is 29.7. The van der Waals surface area contributed by atoms with Gasteiger partial charge < -0.3 is 20.7 Å². The highest BCUT2D eigenvalue weighted by Gasteiger charge is 2.23. The fourth-order valence-corrected chi connectivity index (χ4v) is 2.54. The minimum absolute atomic E-state index is 0.0485. The van der Waals surface area contributed by atoms with E-state index in [2.05, 4.69) is 4.98 Å². The lowest BCUT2D eigenvalue weighted by molar-refractivity contribution is 0.121. The maximum Gasteiger partial charge on any atom is 0.460 e. The normalized spacial score (nSPS) is 10.8. The Kier molecular flexibility index (Phi) is 3.85. The van der Waals surface area contributed by atoms with Crippen LogP contribution < -0.4 is 15.6 Å². The fraction of sp³-hybridized carbons (Fsp3) is 0.125. The molecule has 3 aromatic rings. The third kappa shape index (κ3) is 2.76. The molecule has 0 spiro atoms. The lowest BCUT2D eigenvalue weighted by Crippen LogP contribution is -2.39. The number of nitrogens with two attached hydrogens (primary N) is 1. The van der Waals surface area contributed by atoms with Gasteiger partial charge in [-0.25, -0.2) is 9.78 Å². The monoisotopic (exact) mass is 344 g/mol. The number of hydroxylamine groups is 1. The Labute approximate surface area is 142 Å². The number of hydrogen-bond donors (Lipinski definition) is 4. The number of aryl methyl sites for hydroxylation is 2. The number of aromatic hydroxyl groups is 2. The van der Waals surface area contributed by atoms with E-state index in [0.717, 1.165) is 12.1 Å². The number of benzene rings is 1. The van der Waals surface area contributed by atoms with Crippen LogP contribution in [-0.4, -0.2) is 31.2 Å². The van der Waals surface area contributed by atoms with Crippen LogP contribution in [0.15, 0.2) is 30.3 Å². The summed E-state index contributed by atoms with van der Waals surface area (Å²) in [6.45, 7) is 3.38. The molecule has 0 aliphatic heterocycles. The Bertz CT molecular complexity index is 963. The van der Waals surface area contributed by atoms with Crippen molar-refractivity contribution in [1.29, 1.82) is 0 Å². The van der Waals surface area contributed by atoms with E-state index < -0.39 is 17.9 Å².